The summed E-state index contributed by atoms with van der Waals surface area (Å²) in [6, 6.07) is 28.6. The second-order valence-corrected chi connectivity index (χ2v) is 28.6. The second-order valence-electron chi connectivity index (χ2n) is 28.1. The highest BCUT2D eigenvalue weighted by atomic mass is 35.5. The molecule has 27 nitrogen and oxygen atoms in total. The number of pyridine rings is 2. The number of alkyl halides is 9. The lowest BCUT2D eigenvalue weighted by molar-refractivity contribution is -0.138. The van der Waals surface area contributed by atoms with Crippen molar-refractivity contribution in [1.29, 1.82) is 0 Å². The van der Waals surface area contributed by atoms with E-state index in [-0.39, 0.29) is 157 Å². The fourth-order valence-corrected chi connectivity index (χ4v) is 12.6. The number of halogens is 10. The zero-order valence-corrected chi connectivity index (χ0v) is 66.4. The first-order valence-electron chi connectivity index (χ1n) is 38.3. The first-order valence-corrected chi connectivity index (χ1v) is 38.7. The maximum absolute atomic E-state index is 13.4. The summed E-state index contributed by atoms with van der Waals surface area (Å²) in [4.78, 5) is 129. The number of carbonyl (C=O) groups is 9. The molecule has 0 aliphatic heterocycles. The average Bonchev–Trinajstić information content (AvgIpc) is 0.837. The van der Waals surface area contributed by atoms with E-state index in [2.05, 4.69) is 25.9 Å². The van der Waals surface area contributed by atoms with Crippen LogP contribution in [0.2, 0.25) is 5.02 Å². The van der Waals surface area contributed by atoms with Gasteiger partial charge < -0.3 is 87.4 Å². The van der Waals surface area contributed by atoms with E-state index in [0.717, 1.165) is 58.2 Å². The lowest BCUT2D eigenvalue weighted by Gasteiger charge is -2.24. The predicted molar refractivity (Wildman–Crippen MR) is 435 cm³/mol. The monoisotopic (exact) mass is 1700 g/mol. The van der Waals surface area contributed by atoms with E-state index in [9.17, 15) is 87.8 Å². The van der Waals surface area contributed by atoms with Crippen molar-refractivity contribution in [3.8, 4) is 5.75 Å². The number of nitrogens with one attached hydrogen (secondary N) is 3. The number of aromatic nitrogens is 2. The molecule has 22 N–H and O–H groups in total. The molecule has 6 atom stereocenters. The van der Waals surface area contributed by atoms with Crippen LogP contribution >= 0.6 is 11.6 Å². The molecule has 8 rings (SSSR count). The molecule has 0 fully saturated rings. The van der Waals surface area contributed by atoms with Gasteiger partial charge in [-0.3, -0.25) is 53.1 Å². The van der Waals surface area contributed by atoms with Crippen LogP contribution in [0.1, 0.15) is 82.2 Å². The molecule has 648 valence electrons. The van der Waals surface area contributed by atoms with Gasteiger partial charge in [0, 0.05) is 144 Å². The molecule has 0 saturated carbocycles. The molecule has 0 spiro atoms. The predicted octanol–water partition coefficient (Wildman–Crippen LogP) is 5.26. The normalized spacial score (nSPS) is 13.0. The van der Waals surface area contributed by atoms with Crippen molar-refractivity contribution in [3.05, 3.63) is 219 Å². The largest absolute Gasteiger partial charge is 0.508 e. The number of para-hydroxylation sites is 2. The van der Waals surface area contributed by atoms with Crippen molar-refractivity contribution in [2.24, 2.45) is 51.6 Å². The highest BCUT2D eigenvalue weighted by molar-refractivity contribution is 6.30. The Morgan fingerprint density at radius 1 is 0.392 bits per heavy atom. The number of nitrogens with zero attached hydrogens (tertiary/aromatic N) is 5. The molecule has 6 amide bonds. The first kappa shape index (κ1) is 97.9. The van der Waals surface area contributed by atoms with Gasteiger partial charge in [-0.05, 0) is 139 Å². The Hall–Kier alpha value is -10.9. The summed E-state index contributed by atoms with van der Waals surface area (Å²) in [6.07, 6.45) is -11.5. The number of carbonyl (C=O) groups excluding carboxylic acids is 9. The van der Waals surface area contributed by atoms with Crippen molar-refractivity contribution < 1.29 is 87.8 Å². The Bertz CT molecular complexity index is 4690. The van der Waals surface area contributed by atoms with Crippen molar-refractivity contribution >= 4 is 86.2 Å². The second kappa shape index (κ2) is 47.8. The van der Waals surface area contributed by atoms with E-state index in [4.69, 9.17) is 63.2 Å². The molecule has 0 radical (unpaired) electrons. The van der Waals surface area contributed by atoms with Crippen LogP contribution in [-0.4, -0.2) is 197 Å². The van der Waals surface area contributed by atoms with Gasteiger partial charge in [-0.25, -0.2) is 0 Å². The summed E-state index contributed by atoms with van der Waals surface area (Å²) in [5, 5.41) is 19.9. The molecule has 8 aromatic rings. The van der Waals surface area contributed by atoms with E-state index in [1.165, 1.54) is 69.3 Å². The Balaban J connectivity index is 0.000000279. The number of hydrogen-bond acceptors (Lipinski definition) is 21. The van der Waals surface area contributed by atoms with Gasteiger partial charge in [-0.15, -0.1) is 0 Å². The van der Waals surface area contributed by atoms with E-state index < -0.39 is 107 Å². The van der Waals surface area contributed by atoms with Crippen LogP contribution in [0.4, 0.5) is 39.5 Å². The molecule has 2 heterocycles. The third-order valence-electron chi connectivity index (χ3n) is 18.9. The van der Waals surface area contributed by atoms with Gasteiger partial charge in [0.05, 0.1) is 70.4 Å². The van der Waals surface area contributed by atoms with Crippen LogP contribution in [0.5, 0.6) is 5.75 Å². The SMILES string of the molecule is NCCN(CCN)C(=O)CC[C@H](N)C(=O)N[C@@H](Cc1ccc(C(F)(F)F)cc1)C(=O)Cc1cnc2ccccc2c1.NCCN(CCN)C(=O)CC[C@H](N)C(=O)N[C@H](Cc1ccc(C(F)(F)F)cc1)C(=O)Cc1cc(Cl)ccc1O.NCCN(CCN)C(=O)C[C@H](N)C(=O)N[C@@H](Cc1ccc(C(F)(F)F)cc1)C(=O)Cc1cnc2ccccc2c1. The Morgan fingerprint density at radius 3 is 1.02 bits per heavy atom. The summed E-state index contributed by atoms with van der Waals surface area (Å²) in [5.74, 6) is -4.50. The maximum atomic E-state index is 13.4. The maximum Gasteiger partial charge on any atom is 0.416 e. The molecule has 120 heavy (non-hydrogen) atoms. The number of nitrogens with two attached hydrogens (primary N) is 9. The minimum Gasteiger partial charge on any atom is -0.508 e. The average molecular weight is 1700 g/mol. The molecule has 0 unspecified atom stereocenters. The Kier molecular flexibility index (Phi) is 39.0. The van der Waals surface area contributed by atoms with Gasteiger partial charge in [0.2, 0.25) is 35.4 Å². The number of phenols is 1. The van der Waals surface area contributed by atoms with Gasteiger partial charge >= 0.3 is 18.5 Å². The van der Waals surface area contributed by atoms with E-state index >= 15 is 0 Å². The zero-order valence-electron chi connectivity index (χ0n) is 65.6. The number of hydrogen-bond donors (Lipinski definition) is 13. The summed E-state index contributed by atoms with van der Waals surface area (Å²) < 4.78 is 117. The highest BCUT2D eigenvalue weighted by Crippen LogP contribution is 2.33. The lowest BCUT2D eigenvalue weighted by Crippen LogP contribution is -2.51. The summed E-state index contributed by atoms with van der Waals surface area (Å²) in [7, 11) is 0. The molecule has 0 aliphatic carbocycles. The van der Waals surface area contributed by atoms with E-state index in [1.54, 1.807) is 12.4 Å². The van der Waals surface area contributed by atoms with Crippen LogP contribution < -0.4 is 67.6 Å². The summed E-state index contributed by atoms with van der Waals surface area (Å²) in [6.45, 7) is 3.18. The summed E-state index contributed by atoms with van der Waals surface area (Å²) >= 11 is 5.96. The van der Waals surface area contributed by atoms with E-state index in [1.807, 2.05) is 60.7 Å². The minimum absolute atomic E-state index is 0.0190. The van der Waals surface area contributed by atoms with Crippen LogP contribution in [0, 0.1) is 0 Å². The molecule has 0 aliphatic rings. The number of ketones is 3. The minimum atomic E-state index is -4.53. The number of fused-ring (bicyclic) bond motifs is 2. The fraction of sp³-hybridized carbons (Fsp3) is 0.386. The smallest absolute Gasteiger partial charge is 0.416 e. The van der Waals surface area contributed by atoms with Gasteiger partial charge in [0.15, 0.2) is 17.3 Å². The molecule has 0 bridgehead atoms. The molecular weight excluding hydrogens is 1600 g/mol. The Labute approximate surface area is 692 Å². The number of aromatic hydroxyl groups is 1. The molecule has 0 saturated heterocycles. The highest BCUT2D eigenvalue weighted by Gasteiger charge is 2.35. The van der Waals surface area contributed by atoms with Gasteiger partial charge in [0.25, 0.3) is 0 Å². The Morgan fingerprint density at radius 2 is 0.700 bits per heavy atom. The molecule has 37 heteroatoms. The van der Waals surface area contributed by atoms with Gasteiger partial charge in [-0.1, -0.05) is 84.4 Å². The van der Waals surface area contributed by atoms with Crippen LogP contribution in [0.25, 0.3) is 21.8 Å². The van der Waals surface area contributed by atoms with Crippen molar-refractivity contribution in [3.63, 3.8) is 0 Å². The number of benzene rings is 6. The van der Waals surface area contributed by atoms with Gasteiger partial charge in [0.1, 0.15) is 5.75 Å². The first-order chi connectivity index (χ1) is 56.9. The van der Waals surface area contributed by atoms with E-state index in [0.29, 0.717) is 54.0 Å². The quantitative estimate of drug-likeness (QED) is 0.0217. The van der Waals surface area contributed by atoms with Crippen molar-refractivity contribution in [2.75, 3.05) is 78.5 Å². The third kappa shape index (κ3) is 32.0. The zero-order chi connectivity index (χ0) is 88.4. The molecule has 2 aromatic heterocycles. The fourth-order valence-electron chi connectivity index (χ4n) is 12.4. The number of rotatable bonds is 41. The third-order valence-corrected chi connectivity index (χ3v) is 19.2. The molecular formula is C83H101ClF9N17O10. The number of phenolic OH excluding ortho intramolecular Hbond substituents is 1. The molecule has 6 aromatic carbocycles. The van der Waals surface area contributed by atoms with Crippen LogP contribution in [-0.2, 0) is 100 Å². The summed E-state index contributed by atoms with van der Waals surface area (Å²) in [5.41, 5.74) is 52.9. The van der Waals surface area contributed by atoms with Crippen LogP contribution in [0.3, 0.4) is 0 Å². The number of amides is 6. The van der Waals surface area contributed by atoms with Crippen molar-refractivity contribution in [1.82, 2.24) is 40.6 Å². The lowest BCUT2D eigenvalue weighted by atomic mass is 9.96. The van der Waals surface area contributed by atoms with Gasteiger partial charge in [-0.2, -0.15) is 39.5 Å². The van der Waals surface area contributed by atoms with Crippen LogP contribution in [0.15, 0.2) is 164 Å². The van der Waals surface area contributed by atoms with Crippen molar-refractivity contribution in [2.45, 2.75) is 125 Å². The standard InChI is InChI=1S/C29H35F3N6O3.C28H33F3N6O3.C26H33ClF3N5O4/c30-29(31,32)22-7-5-19(6-8-22)16-25(26(39)17-20-15-21-3-1-2-4-24(21)36-18-20)37-28(41)23(35)9-10-27(40)38(13-11-33)14-12-34;29-28(30,31)21-7-5-18(6-8-21)14-24(25(38)15-19-13-20-3-1-2-4-23(20)35-17-19)36-27(40)22(34)16-26(39)37(11-9-32)12-10-33;27-19-5-7-22(36)17(14-19)15-23(37)21(13-16-1-3-18(4-2-16)26(28,29)30)34-25(39)20(33)6-8-24(38)35(11-9-31)12-10-32/h1-8,15,18,23,25H,9-14,16-17,33-35H2,(H,37,41);1-8,13,17,22,24H,9-12,14-16,32-34H2,(H,36,40);1-5,7,14,20-21,36H,6,8-13,15,31-33H2,(H,34,39)/t23-,25-;22-,24-;20-,21+/m000/s1. The number of Topliss-reactive ketones (excluding diaryl/α,β-unsaturated/α-hetero) is 3. The topological polar surface area (TPSA) is 480 Å².